The molecule has 0 aliphatic heterocycles. The number of aromatic amines is 1. The van der Waals surface area contributed by atoms with Gasteiger partial charge in [0, 0.05) is 29.6 Å². The first-order valence-corrected chi connectivity index (χ1v) is 7.93. The monoisotopic (exact) mass is 302 g/mol. The smallest absolute Gasteiger partial charge is 0.272 e. The minimum absolute atomic E-state index is 0.0233. The van der Waals surface area contributed by atoms with Crippen LogP contribution in [0.2, 0.25) is 0 Å². The first-order valence-electron chi connectivity index (χ1n) is 7.11. The molecule has 0 saturated heterocycles. The molecule has 0 saturated carbocycles. The highest BCUT2D eigenvalue weighted by molar-refractivity contribution is 7.99. The summed E-state index contributed by atoms with van der Waals surface area (Å²) in [6.07, 6.45) is 0.900. The topological polar surface area (TPSA) is 36.1 Å². The molecular formula is C17H22N2OS. The largest absolute Gasteiger partial charge is 0.372 e. The van der Waals surface area contributed by atoms with Crippen molar-refractivity contribution in [2.75, 3.05) is 19.0 Å². The van der Waals surface area contributed by atoms with Crippen molar-refractivity contribution in [3.8, 4) is 0 Å². The lowest BCUT2D eigenvalue weighted by molar-refractivity contribution is 0.944. The number of nitrogens with zero attached hydrogens (tertiary/aromatic N) is 1. The maximum absolute atomic E-state index is 12.3. The summed E-state index contributed by atoms with van der Waals surface area (Å²) in [4.78, 5) is 19.4. The number of aryl methyl sites for hydroxylation is 2. The third kappa shape index (κ3) is 3.32. The zero-order chi connectivity index (χ0) is 15.6. The first kappa shape index (κ1) is 15.7. The summed E-state index contributed by atoms with van der Waals surface area (Å²) < 4.78 is 0. The van der Waals surface area contributed by atoms with E-state index in [1.165, 1.54) is 11.1 Å². The van der Waals surface area contributed by atoms with Crippen LogP contribution in [0, 0.1) is 13.8 Å². The summed E-state index contributed by atoms with van der Waals surface area (Å²) >= 11 is 1.67. The number of H-pyrrole nitrogens is 1. The fourth-order valence-corrected chi connectivity index (χ4v) is 3.88. The molecule has 0 aliphatic carbocycles. The van der Waals surface area contributed by atoms with Gasteiger partial charge in [0.25, 0.3) is 5.56 Å². The Labute approximate surface area is 130 Å². The Morgan fingerprint density at radius 2 is 1.95 bits per heavy atom. The van der Waals surface area contributed by atoms with Gasteiger partial charge in [-0.2, -0.15) is 0 Å². The molecule has 1 aromatic carbocycles. The molecule has 0 spiro atoms. The van der Waals surface area contributed by atoms with Gasteiger partial charge >= 0.3 is 0 Å². The van der Waals surface area contributed by atoms with Crippen LogP contribution >= 0.6 is 11.8 Å². The van der Waals surface area contributed by atoms with E-state index in [9.17, 15) is 4.79 Å². The molecule has 0 bridgehead atoms. The van der Waals surface area contributed by atoms with Crippen molar-refractivity contribution in [3.63, 3.8) is 0 Å². The van der Waals surface area contributed by atoms with Gasteiger partial charge in [-0.1, -0.05) is 36.4 Å². The second kappa shape index (κ2) is 6.39. The van der Waals surface area contributed by atoms with Gasteiger partial charge in [0.15, 0.2) is 0 Å². The number of anilines is 1. The maximum Gasteiger partial charge on any atom is 0.272 e. The molecule has 1 aromatic heterocycles. The average Bonchev–Trinajstić information content (AvgIpc) is 2.38. The molecule has 0 unspecified atom stereocenters. The van der Waals surface area contributed by atoms with Crippen molar-refractivity contribution in [2.45, 2.75) is 37.0 Å². The van der Waals surface area contributed by atoms with E-state index < -0.39 is 0 Å². The Balaban J connectivity index is 2.62. The molecule has 0 amide bonds. The molecular weight excluding hydrogens is 280 g/mol. The molecule has 112 valence electrons. The fraction of sp³-hybridized carbons (Fsp3) is 0.353. The number of hydrogen-bond acceptors (Lipinski definition) is 3. The van der Waals surface area contributed by atoms with Crippen LogP contribution in [-0.4, -0.2) is 19.1 Å². The first-order chi connectivity index (χ1) is 9.93. The molecule has 1 heterocycles. The number of benzene rings is 1. The molecule has 2 rings (SSSR count). The molecule has 0 radical (unpaired) electrons. The Morgan fingerprint density at radius 1 is 1.24 bits per heavy atom. The number of hydrogen-bond donors (Lipinski definition) is 1. The third-order valence-electron chi connectivity index (χ3n) is 3.47. The molecule has 1 N–H and O–H groups in total. The van der Waals surface area contributed by atoms with Gasteiger partial charge < -0.3 is 9.88 Å². The number of aromatic nitrogens is 1. The van der Waals surface area contributed by atoms with Crippen LogP contribution in [0.3, 0.4) is 0 Å². The van der Waals surface area contributed by atoms with Crippen molar-refractivity contribution < 1.29 is 0 Å². The van der Waals surface area contributed by atoms with Gasteiger partial charge in [0.05, 0.1) is 0 Å². The Kier molecular flexibility index (Phi) is 4.78. The summed E-state index contributed by atoms with van der Waals surface area (Å²) in [5.74, 6) is 0. The van der Waals surface area contributed by atoms with Gasteiger partial charge in [-0.15, -0.1) is 0 Å². The summed E-state index contributed by atoms with van der Waals surface area (Å²) in [5.41, 5.74) is 4.12. The van der Waals surface area contributed by atoms with E-state index in [1.54, 1.807) is 11.8 Å². The minimum Gasteiger partial charge on any atom is -0.372 e. The van der Waals surface area contributed by atoms with Crippen molar-refractivity contribution in [3.05, 3.63) is 51.4 Å². The summed E-state index contributed by atoms with van der Waals surface area (Å²) in [5, 5.41) is 0. The average molecular weight is 302 g/mol. The fourth-order valence-electron chi connectivity index (χ4n) is 2.46. The van der Waals surface area contributed by atoms with E-state index in [2.05, 4.69) is 43.1 Å². The maximum atomic E-state index is 12.3. The lowest BCUT2D eigenvalue weighted by Crippen LogP contribution is -2.23. The zero-order valence-corrected chi connectivity index (χ0v) is 14.1. The Bertz CT molecular complexity index is 704. The van der Waals surface area contributed by atoms with Crippen LogP contribution in [0.4, 0.5) is 5.69 Å². The van der Waals surface area contributed by atoms with Crippen LogP contribution in [-0.2, 0) is 6.42 Å². The Hall–Kier alpha value is -1.68. The second-order valence-electron chi connectivity index (χ2n) is 5.40. The molecule has 4 heteroatoms. The number of pyridine rings is 1. The van der Waals surface area contributed by atoms with Gasteiger partial charge in [-0.3, -0.25) is 4.79 Å². The van der Waals surface area contributed by atoms with Crippen molar-refractivity contribution in [1.82, 2.24) is 4.98 Å². The third-order valence-corrected chi connectivity index (χ3v) is 4.60. The van der Waals surface area contributed by atoms with Gasteiger partial charge in [-0.25, -0.2) is 0 Å². The van der Waals surface area contributed by atoms with Crippen molar-refractivity contribution in [2.24, 2.45) is 0 Å². The van der Waals surface area contributed by atoms with E-state index in [1.807, 2.05) is 25.9 Å². The zero-order valence-electron chi connectivity index (χ0n) is 13.3. The quantitative estimate of drug-likeness (QED) is 0.934. The lowest BCUT2D eigenvalue weighted by atomic mass is 10.1. The van der Waals surface area contributed by atoms with Crippen LogP contribution in [0.25, 0.3) is 0 Å². The summed E-state index contributed by atoms with van der Waals surface area (Å²) in [6.45, 7) is 6.18. The Morgan fingerprint density at radius 3 is 2.52 bits per heavy atom. The van der Waals surface area contributed by atoms with Crippen LogP contribution in [0.15, 0.2) is 38.9 Å². The summed E-state index contributed by atoms with van der Waals surface area (Å²) in [6, 6.07) is 8.38. The molecule has 0 fully saturated rings. The van der Waals surface area contributed by atoms with Gasteiger partial charge in [-0.05, 0) is 38.0 Å². The van der Waals surface area contributed by atoms with Crippen LogP contribution in [0.1, 0.15) is 23.7 Å². The standard InChI is InChI=1S/C17H22N2OS/c1-6-14-12(3)18-17(20)15(19(4)5)16(14)21-13-9-7-8-11(2)10-13/h7-10H,6H2,1-5H3,(H,18,20). The predicted octanol–water partition coefficient (Wildman–Crippen LogP) is 3.77. The lowest BCUT2D eigenvalue weighted by Gasteiger charge is -2.20. The van der Waals surface area contributed by atoms with Gasteiger partial charge in [0.2, 0.25) is 0 Å². The van der Waals surface area contributed by atoms with Gasteiger partial charge in [0.1, 0.15) is 5.69 Å². The van der Waals surface area contributed by atoms with E-state index >= 15 is 0 Å². The highest BCUT2D eigenvalue weighted by Crippen LogP contribution is 2.36. The van der Waals surface area contributed by atoms with Crippen LogP contribution < -0.4 is 10.5 Å². The number of nitrogens with one attached hydrogen (secondary N) is 1. The highest BCUT2D eigenvalue weighted by Gasteiger charge is 2.17. The molecule has 21 heavy (non-hydrogen) atoms. The SMILES string of the molecule is CCc1c(C)[nH]c(=O)c(N(C)C)c1Sc1cccc(C)c1. The van der Waals surface area contributed by atoms with Crippen molar-refractivity contribution >= 4 is 17.4 Å². The molecule has 2 aromatic rings. The normalized spacial score (nSPS) is 10.7. The molecule has 0 aliphatic rings. The van der Waals surface area contributed by atoms with Crippen LogP contribution in [0.5, 0.6) is 0 Å². The predicted molar refractivity (Wildman–Crippen MR) is 90.8 cm³/mol. The molecule has 0 atom stereocenters. The minimum atomic E-state index is -0.0233. The summed E-state index contributed by atoms with van der Waals surface area (Å²) in [7, 11) is 3.83. The van der Waals surface area contributed by atoms with Crippen molar-refractivity contribution in [1.29, 1.82) is 0 Å². The van der Waals surface area contributed by atoms with E-state index in [0.29, 0.717) is 0 Å². The highest BCUT2D eigenvalue weighted by atomic mass is 32.2. The van der Waals surface area contributed by atoms with E-state index in [4.69, 9.17) is 0 Å². The second-order valence-corrected chi connectivity index (χ2v) is 6.49. The molecule has 3 nitrogen and oxygen atoms in total. The van der Waals surface area contributed by atoms with E-state index in [0.717, 1.165) is 27.6 Å². The number of rotatable bonds is 4. The van der Waals surface area contributed by atoms with E-state index in [-0.39, 0.29) is 5.56 Å².